The first-order chi connectivity index (χ1) is 12.6. The summed E-state index contributed by atoms with van der Waals surface area (Å²) in [4.78, 5) is 19.6. The SMILES string of the molecule is O=[N+]([O-])c1ccc(N2CCN(c3cccc(Cl)c3)CC2)c2ccncc12. The lowest BCUT2D eigenvalue weighted by Gasteiger charge is -2.37. The first-order valence-corrected chi connectivity index (χ1v) is 8.78. The summed E-state index contributed by atoms with van der Waals surface area (Å²) in [6, 6.07) is 13.1. The van der Waals surface area contributed by atoms with E-state index in [0.717, 1.165) is 48.0 Å². The van der Waals surface area contributed by atoms with Gasteiger partial charge in [0.15, 0.2) is 0 Å². The predicted molar refractivity (Wildman–Crippen MR) is 104 cm³/mol. The molecule has 0 saturated carbocycles. The molecule has 26 heavy (non-hydrogen) atoms. The minimum Gasteiger partial charge on any atom is -0.368 e. The number of nitro benzene ring substituents is 1. The number of pyridine rings is 1. The van der Waals surface area contributed by atoms with Crippen molar-refractivity contribution in [3.63, 3.8) is 0 Å². The Bertz CT molecular complexity index is 971. The molecule has 2 aromatic carbocycles. The van der Waals surface area contributed by atoms with Gasteiger partial charge in [-0.3, -0.25) is 15.1 Å². The van der Waals surface area contributed by atoms with Gasteiger partial charge in [-0.2, -0.15) is 0 Å². The molecule has 1 aliphatic rings. The van der Waals surface area contributed by atoms with E-state index >= 15 is 0 Å². The van der Waals surface area contributed by atoms with E-state index in [1.165, 1.54) is 0 Å². The highest BCUT2D eigenvalue weighted by atomic mass is 35.5. The van der Waals surface area contributed by atoms with E-state index in [2.05, 4.69) is 20.9 Å². The molecule has 6 nitrogen and oxygen atoms in total. The van der Waals surface area contributed by atoms with Gasteiger partial charge in [0, 0.05) is 66.4 Å². The normalized spacial score (nSPS) is 14.7. The molecular formula is C19H17ClN4O2. The van der Waals surface area contributed by atoms with Crippen LogP contribution in [0.2, 0.25) is 5.02 Å². The summed E-state index contributed by atoms with van der Waals surface area (Å²) < 4.78 is 0. The maximum absolute atomic E-state index is 11.3. The average Bonchev–Trinajstić information content (AvgIpc) is 2.67. The van der Waals surface area contributed by atoms with Gasteiger partial charge in [-0.05, 0) is 30.3 Å². The van der Waals surface area contributed by atoms with Crippen molar-refractivity contribution < 1.29 is 4.92 Å². The lowest BCUT2D eigenvalue weighted by Crippen LogP contribution is -2.46. The Labute approximate surface area is 155 Å². The number of nitrogens with zero attached hydrogens (tertiary/aromatic N) is 4. The first kappa shape index (κ1) is 16.6. The fourth-order valence-electron chi connectivity index (χ4n) is 3.47. The van der Waals surface area contributed by atoms with Gasteiger partial charge in [-0.1, -0.05) is 17.7 Å². The van der Waals surface area contributed by atoms with E-state index in [1.54, 1.807) is 18.5 Å². The molecule has 0 radical (unpaired) electrons. The molecule has 1 aromatic heterocycles. The number of non-ortho nitro benzene ring substituents is 1. The summed E-state index contributed by atoms with van der Waals surface area (Å²) in [5.41, 5.74) is 2.23. The summed E-state index contributed by atoms with van der Waals surface area (Å²) in [7, 11) is 0. The molecule has 0 unspecified atom stereocenters. The predicted octanol–water partition coefficient (Wildman–Crippen LogP) is 4.12. The largest absolute Gasteiger partial charge is 0.368 e. The molecule has 0 bridgehead atoms. The van der Waals surface area contributed by atoms with Crippen LogP contribution in [-0.2, 0) is 0 Å². The van der Waals surface area contributed by atoms with Crippen molar-refractivity contribution in [2.24, 2.45) is 0 Å². The molecule has 0 amide bonds. The standard InChI is InChI=1S/C19H17ClN4O2/c20-14-2-1-3-15(12-14)22-8-10-23(11-9-22)18-4-5-19(24(25)26)17-13-21-7-6-16(17)18/h1-7,12-13H,8-11H2. The quantitative estimate of drug-likeness (QED) is 0.514. The number of aromatic nitrogens is 1. The van der Waals surface area contributed by atoms with Crippen LogP contribution in [0.25, 0.3) is 10.8 Å². The van der Waals surface area contributed by atoms with Crippen molar-refractivity contribution in [1.29, 1.82) is 0 Å². The number of hydrogen-bond acceptors (Lipinski definition) is 5. The van der Waals surface area contributed by atoms with Crippen molar-refractivity contribution in [2.45, 2.75) is 0 Å². The summed E-state index contributed by atoms with van der Waals surface area (Å²) in [6.45, 7) is 3.40. The highest BCUT2D eigenvalue weighted by molar-refractivity contribution is 6.30. The smallest absolute Gasteiger partial charge is 0.278 e. The van der Waals surface area contributed by atoms with Crippen molar-refractivity contribution in [3.05, 3.63) is 70.0 Å². The lowest BCUT2D eigenvalue weighted by atomic mass is 10.1. The van der Waals surface area contributed by atoms with Crippen LogP contribution >= 0.6 is 11.6 Å². The lowest BCUT2D eigenvalue weighted by molar-refractivity contribution is -0.383. The molecule has 132 valence electrons. The molecule has 1 fully saturated rings. The molecular weight excluding hydrogens is 352 g/mol. The van der Waals surface area contributed by atoms with Crippen LogP contribution in [0, 0.1) is 10.1 Å². The molecule has 7 heteroatoms. The number of halogens is 1. The first-order valence-electron chi connectivity index (χ1n) is 8.40. The zero-order chi connectivity index (χ0) is 18.1. The van der Waals surface area contributed by atoms with Crippen LogP contribution in [0.4, 0.5) is 17.1 Å². The van der Waals surface area contributed by atoms with Gasteiger partial charge in [-0.15, -0.1) is 0 Å². The van der Waals surface area contributed by atoms with Gasteiger partial charge >= 0.3 is 0 Å². The number of piperazine rings is 1. The Morgan fingerprint density at radius 2 is 1.77 bits per heavy atom. The van der Waals surface area contributed by atoms with E-state index in [-0.39, 0.29) is 10.6 Å². The molecule has 0 aliphatic carbocycles. The topological polar surface area (TPSA) is 62.5 Å². The number of anilines is 2. The summed E-state index contributed by atoms with van der Waals surface area (Å²) in [5.74, 6) is 0. The van der Waals surface area contributed by atoms with Crippen LogP contribution in [0.3, 0.4) is 0 Å². The molecule has 1 saturated heterocycles. The van der Waals surface area contributed by atoms with E-state index < -0.39 is 0 Å². The molecule has 0 atom stereocenters. The molecule has 1 aliphatic heterocycles. The Morgan fingerprint density at radius 3 is 2.50 bits per heavy atom. The van der Waals surface area contributed by atoms with Gasteiger partial charge in [0.2, 0.25) is 0 Å². The number of benzene rings is 2. The van der Waals surface area contributed by atoms with Crippen LogP contribution in [0.1, 0.15) is 0 Å². The Kier molecular flexibility index (Phi) is 4.34. The summed E-state index contributed by atoms with van der Waals surface area (Å²) in [6.07, 6.45) is 3.25. The average molecular weight is 369 g/mol. The van der Waals surface area contributed by atoms with Gasteiger partial charge in [0.1, 0.15) is 0 Å². The second-order valence-electron chi connectivity index (χ2n) is 6.24. The fraction of sp³-hybridized carbons (Fsp3) is 0.211. The molecule has 0 N–H and O–H groups in total. The van der Waals surface area contributed by atoms with Crippen LogP contribution in [0.5, 0.6) is 0 Å². The third-order valence-electron chi connectivity index (χ3n) is 4.76. The van der Waals surface area contributed by atoms with Gasteiger partial charge in [0.05, 0.1) is 10.3 Å². The Hall–Kier alpha value is -2.86. The van der Waals surface area contributed by atoms with E-state index in [4.69, 9.17) is 11.6 Å². The zero-order valence-electron chi connectivity index (χ0n) is 14.0. The fourth-order valence-corrected chi connectivity index (χ4v) is 3.66. The maximum Gasteiger partial charge on any atom is 0.278 e. The highest BCUT2D eigenvalue weighted by Gasteiger charge is 2.22. The third kappa shape index (κ3) is 3.04. The number of fused-ring (bicyclic) bond motifs is 1. The van der Waals surface area contributed by atoms with E-state index in [9.17, 15) is 10.1 Å². The van der Waals surface area contributed by atoms with Crippen LogP contribution < -0.4 is 9.80 Å². The minimum absolute atomic E-state index is 0.0920. The van der Waals surface area contributed by atoms with Crippen LogP contribution in [0.15, 0.2) is 54.9 Å². The number of rotatable bonds is 3. The third-order valence-corrected chi connectivity index (χ3v) is 5.00. The van der Waals surface area contributed by atoms with Crippen molar-refractivity contribution in [3.8, 4) is 0 Å². The molecule has 0 spiro atoms. The van der Waals surface area contributed by atoms with E-state index in [1.807, 2.05) is 30.3 Å². The number of hydrogen-bond donors (Lipinski definition) is 0. The Balaban J connectivity index is 1.60. The summed E-state index contributed by atoms with van der Waals surface area (Å²) >= 11 is 6.10. The van der Waals surface area contributed by atoms with Gasteiger partial charge in [-0.25, -0.2) is 0 Å². The zero-order valence-corrected chi connectivity index (χ0v) is 14.8. The van der Waals surface area contributed by atoms with Crippen molar-refractivity contribution in [2.75, 3.05) is 36.0 Å². The highest BCUT2D eigenvalue weighted by Crippen LogP contribution is 2.33. The maximum atomic E-state index is 11.3. The Morgan fingerprint density at radius 1 is 1.00 bits per heavy atom. The monoisotopic (exact) mass is 368 g/mol. The minimum atomic E-state index is -0.356. The van der Waals surface area contributed by atoms with Crippen molar-refractivity contribution in [1.82, 2.24) is 4.98 Å². The van der Waals surface area contributed by atoms with E-state index in [0.29, 0.717) is 5.39 Å². The second-order valence-corrected chi connectivity index (χ2v) is 6.67. The van der Waals surface area contributed by atoms with Gasteiger partial charge in [0.25, 0.3) is 5.69 Å². The second kappa shape index (κ2) is 6.80. The van der Waals surface area contributed by atoms with Crippen LogP contribution in [-0.4, -0.2) is 36.1 Å². The molecule has 3 aromatic rings. The summed E-state index contributed by atoms with van der Waals surface area (Å²) in [5, 5.41) is 13.5. The van der Waals surface area contributed by atoms with Crippen molar-refractivity contribution >= 4 is 39.4 Å². The molecule has 4 rings (SSSR count). The molecule has 2 heterocycles. The van der Waals surface area contributed by atoms with Gasteiger partial charge < -0.3 is 9.80 Å². The number of nitro groups is 1.